The molecule has 1 fully saturated rings. The van der Waals surface area contributed by atoms with Crippen molar-refractivity contribution < 1.29 is 9.90 Å². The Balaban J connectivity index is 1.74. The number of benzene rings is 1. The summed E-state index contributed by atoms with van der Waals surface area (Å²) in [7, 11) is 1.94. The first kappa shape index (κ1) is 14.7. The number of likely N-dealkylation sites (N-methyl/N-ethyl adjacent to an activating group) is 1. The van der Waals surface area contributed by atoms with Crippen molar-refractivity contribution in [2.45, 2.75) is 18.9 Å². The number of hydrogen-bond donors (Lipinski definition) is 2. The Bertz CT molecular complexity index is 447. The fraction of sp³-hybridized carbons (Fsp3) is 0.500. The average Bonchev–Trinajstić information content (AvgIpc) is 2.26. The Labute approximate surface area is 127 Å². The van der Waals surface area contributed by atoms with Crippen LogP contribution in [0.5, 0.6) is 0 Å². The van der Waals surface area contributed by atoms with E-state index in [1.165, 1.54) is 0 Å². The molecule has 0 atom stereocenters. The maximum absolute atomic E-state index is 11.9. The molecule has 0 radical (unpaired) electrons. The number of amides is 1. The first-order valence-electron chi connectivity index (χ1n) is 6.45. The van der Waals surface area contributed by atoms with E-state index >= 15 is 0 Å². The number of aliphatic hydroxyl groups excluding tert-OH is 1. The molecule has 0 heterocycles. The van der Waals surface area contributed by atoms with Gasteiger partial charge in [0.2, 0.25) is 5.91 Å². The van der Waals surface area contributed by atoms with Gasteiger partial charge in [0.05, 0.1) is 12.6 Å². The van der Waals surface area contributed by atoms with E-state index in [0.717, 1.165) is 28.6 Å². The largest absolute Gasteiger partial charge is 0.393 e. The molecule has 0 saturated heterocycles. The Morgan fingerprint density at radius 3 is 2.89 bits per heavy atom. The minimum absolute atomic E-state index is 0.00405. The number of halogens is 1. The third kappa shape index (κ3) is 4.74. The van der Waals surface area contributed by atoms with Gasteiger partial charge in [-0.2, -0.15) is 0 Å². The summed E-state index contributed by atoms with van der Waals surface area (Å²) in [5.41, 5.74) is 0.837. The van der Waals surface area contributed by atoms with E-state index in [0.29, 0.717) is 12.5 Å². The van der Waals surface area contributed by atoms with Crippen LogP contribution in [0.15, 0.2) is 24.3 Å². The molecule has 5 heteroatoms. The monoisotopic (exact) mass is 374 g/mol. The van der Waals surface area contributed by atoms with Crippen molar-refractivity contribution in [2.24, 2.45) is 5.92 Å². The predicted octanol–water partition coefficient (Wildman–Crippen LogP) is 1.93. The topological polar surface area (TPSA) is 52.6 Å². The molecule has 0 aliphatic heterocycles. The van der Waals surface area contributed by atoms with Crippen molar-refractivity contribution in [1.29, 1.82) is 0 Å². The lowest BCUT2D eigenvalue weighted by Gasteiger charge is -2.34. The Morgan fingerprint density at radius 1 is 1.53 bits per heavy atom. The zero-order valence-electron chi connectivity index (χ0n) is 11.0. The van der Waals surface area contributed by atoms with Crippen molar-refractivity contribution in [3.8, 4) is 0 Å². The highest BCUT2D eigenvalue weighted by Gasteiger charge is 2.28. The quantitative estimate of drug-likeness (QED) is 0.775. The number of hydrogen-bond acceptors (Lipinski definition) is 3. The molecule has 4 nitrogen and oxygen atoms in total. The molecule has 19 heavy (non-hydrogen) atoms. The maximum atomic E-state index is 11.9. The first-order chi connectivity index (χ1) is 9.02. The molecule has 104 valence electrons. The van der Waals surface area contributed by atoms with Crippen LogP contribution < -0.4 is 5.32 Å². The van der Waals surface area contributed by atoms with Crippen LogP contribution >= 0.6 is 22.6 Å². The summed E-state index contributed by atoms with van der Waals surface area (Å²) in [5.74, 6) is 0.537. The molecule has 0 aromatic heterocycles. The second kappa shape index (κ2) is 6.67. The molecular formula is C14H19IN2O2. The highest BCUT2D eigenvalue weighted by molar-refractivity contribution is 14.1. The van der Waals surface area contributed by atoms with E-state index in [2.05, 4.69) is 27.9 Å². The zero-order chi connectivity index (χ0) is 13.8. The summed E-state index contributed by atoms with van der Waals surface area (Å²) in [5, 5.41) is 12.1. The molecule has 1 saturated carbocycles. The van der Waals surface area contributed by atoms with Crippen LogP contribution in [0.4, 0.5) is 5.69 Å². The second-order valence-corrected chi connectivity index (χ2v) is 6.49. The van der Waals surface area contributed by atoms with Crippen LogP contribution in [0.2, 0.25) is 0 Å². The summed E-state index contributed by atoms with van der Waals surface area (Å²) >= 11 is 2.22. The lowest BCUT2D eigenvalue weighted by atomic mass is 9.82. The Hall–Kier alpha value is -0.660. The number of anilines is 1. The first-order valence-corrected chi connectivity index (χ1v) is 7.53. The van der Waals surface area contributed by atoms with Crippen LogP contribution in [0.25, 0.3) is 0 Å². The number of nitrogens with one attached hydrogen (secondary N) is 1. The molecule has 1 aromatic rings. The lowest BCUT2D eigenvalue weighted by molar-refractivity contribution is -0.117. The van der Waals surface area contributed by atoms with Gasteiger partial charge in [0.25, 0.3) is 0 Å². The number of aliphatic hydroxyl groups is 1. The van der Waals surface area contributed by atoms with Gasteiger partial charge in [-0.05, 0) is 66.6 Å². The summed E-state index contributed by atoms with van der Waals surface area (Å²) in [6.07, 6.45) is 1.60. The molecular weight excluding hydrogens is 355 g/mol. The zero-order valence-corrected chi connectivity index (χ0v) is 13.1. The van der Waals surface area contributed by atoms with Gasteiger partial charge >= 0.3 is 0 Å². The van der Waals surface area contributed by atoms with Gasteiger partial charge in [0, 0.05) is 15.8 Å². The number of nitrogens with zero attached hydrogens (tertiary/aromatic N) is 1. The van der Waals surface area contributed by atoms with Gasteiger partial charge in [-0.3, -0.25) is 9.69 Å². The Kier molecular flexibility index (Phi) is 5.18. The SMILES string of the molecule is CN(CC(=O)Nc1cccc(I)c1)CC1CC(O)C1. The molecule has 1 aliphatic rings. The van der Waals surface area contributed by atoms with Crippen molar-refractivity contribution in [3.05, 3.63) is 27.8 Å². The second-order valence-electron chi connectivity index (χ2n) is 5.25. The van der Waals surface area contributed by atoms with Crippen LogP contribution in [0, 0.1) is 9.49 Å². The van der Waals surface area contributed by atoms with E-state index in [4.69, 9.17) is 0 Å². The van der Waals surface area contributed by atoms with E-state index in [9.17, 15) is 9.90 Å². The molecule has 1 aliphatic carbocycles. The summed E-state index contributed by atoms with van der Waals surface area (Å²) in [6, 6.07) is 7.75. The number of carbonyl (C=O) groups excluding carboxylic acids is 1. The standard InChI is InChI=1S/C14H19IN2O2/c1-17(8-10-5-13(18)6-10)9-14(19)16-12-4-2-3-11(15)7-12/h2-4,7,10,13,18H,5-6,8-9H2,1H3,(H,16,19). The minimum atomic E-state index is -0.126. The molecule has 1 aromatic carbocycles. The van der Waals surface area contributed by atoms with E-state index in [1.807, 2.05) is 36.2 Å². The molecule has 0 unspecified atom stereocenters. The molecule has 0 spiro atoms. The van der Waals surface area contributed by atoms with Gasteiger partial charge in [-0.25, -0.2) is 0 Å². The predicted molar refractivity (Wildman–Crippen MR) is 84.0 cm³/mol. The van der Waals surface area contributed by atoms with Gasteiger partial charge in [0.15, 0.2) is 0 Å². The molecule has 2 N–H and O–H groups in total. The maximum Gasteiger partial charge on any atom is 0.238 e. The van der Waals surface area contributed by atoms with Crippen LogP contribution in [-0.4, -0.2) is 42.2 Å². The summed E-state index contributed by atoms with van der Waals surface area (Å²) < 4.78 is 1.10. The highest BCUT2D eigenvalue weighted by atomic mass is 127. The van der Waals surface area contributed by atoms with E-state index in [1.54, 1.807) is 0 Å². The molecule has 0 bridgehead atoms. The van der Waals surface area contributed by atoms with E-state index < -0.39 is 0 Å². The minimum Gasteiger partial charge on any atom is -0.393 e. The third-order valence-corrected chi connectivity index (χ3v) is 3.97. The van der Waals surface area contributed by atoms with Crippen LogP contribution in [0.1, 0.15) is 12.8 Å². The van der Waals surface area contributed by atoms with Crippen molar-refractivity contribution in [3.63, 3.8) is 0 Å². The Morgan fingerprint density at radius 2 is 2.26 bits per heavy atom. The van der Waals surface area contributed by atoms with Crippen LogP contribution in [0.3, 0.4) is 0 Å². The number of carbonyl (C=O) groups is 1. The number of rotatable bonds is 5. The van der Waals surface area contributed by atoms with Gasteiger partial charge in [-0.1, -0.05) is 6.07 Å². The van der Waals surface area contributed by atoms with Crippen molar-refractivity contribution in [2.75, 3.05) is 25.5 Å². The third-order valence-electron chi connectivity index (χ3n) is 3.30. The lowest BCUT2D eigenvalue weighted by Crippen LogP contribution is -2.39. The van der Waals surface area contributed by atoms with Crippen molar-refractivity contribution in [1.82, 2.24) is 4.90 Å². The van der Waals surface area contributed by atoms with Gasteiger partial charge in [0.1, 0.15) is 0 Å². The van der Waals surface area contributed by atoms with Gasteiger partial charge in [-0.15, -0.1) is 0 Å². The van der Waals surface area contributed by atoms with E-state index in [-0.39, 0.29) is 12.0 Å². The van der Waals surface area contributed by atoms with Crippen LogP contribution in [-0.2, 0) is 4.79 Å². The van der Waals surface area contributed by atoms with Crippen molar-refractivity contribution >= 4 is 34.2 Å². The fourth-order valence-corrected chi connectivity index (χ4v) is 2.91. The summed E-state index contributed by atoms with van der Waals surface area (Å²) in [6.45, 7) is 1.26. The summed E-state index contributed by atoms with van der Waals surface area (Å²) in [4.78, 5) is 13.9. The molecule has 1 amide bonds. The highest BCUT2D eigenvalue weighted by Crippen LogP contribution is 2.27. The smallest absolute Gasteiger partial charge is 0.238 e. The normalized spacial score (nSPS) is 22.1. The van der Waals surface area contributed by atoms with Gasteiger partial charge < -0.3 is 10.4 Å². The fourth-order valence-electron chi connectivity index (χ4n) is 2.37. The molecule has 2 rings (SSSR count). The average molecular weight is 374 g/mol.